The molecule has 2 N–H and O–H groups in total. The molecule has 0 saturated heterocycles. The Bertz CT molecular complexity index is 368. The van der Waals surface area contributed by atoms with Crippen molar-refractivity contribution in [3.63, 3.8) is 0 Å². The van der Waals surface area contributed by atoms with Crippen molar-refractivity contribution in [1.29, 1.82) is 0 Å². The van der Waals surface area contributed by atoms with Crippen molar-refractivity contribution >= 4 is 21.4 Å². The van der Waals surface area contributed by atoms with Gasteiger partial charge in [-0.15, -0.1) is 0 Å². The SMILES string of the molecule is O=C(COP(=O)([O-])[O-])[C@H](O)[C@H](O)COP(=O)([O-])[O-]. The number of ketones is 1. The third-order valence-corrected chi connectivity index (χ3v) is 2.37. The molecule has 0 spiro atoms. The molecule has 0 aromatic carbocycles. The van der Waals surface area contributed by atoms with Crippen LogP contribution in [0, 0.1) is 0 Å². The number of aliphatic hydroxyl groups is 2. The first-order valence-electron chi connectivity index (χ1n) is 4.14. The lowest BCUT2D eigenvalue weighted by molar-refractivity contribution is -0.343. The number of phosphoric acid groups is 2. The predicted octanol–water partition coefficient (Wildman–Crippen LogP) is -5.03. The van der Waals surface area contributed by atoms with Crippen LogP contribution >= 0.6 is 15.6 Å². The van der Waals surface area contributed by atoms with Gasteiger partial charge in [0.15, 0.2) is 5.78 Å². The number of phosphoric ester groups is 2. The van der Waals surface area contributed by atoms with Crippen LogP contribution in [-0.4, -0.2) is 41.4 Å². The minimum Gasteiger partial charge on any atom is -0.790 e. The van der Waals surface area contributed by atoms with Gasteiger partial charge in [0.1, 0.15) is 18.8 Å². The molecule has 0 aliphatic heterocycles. The Balaban J connectivity index is 4.21. The summed E-state index contributed by atoms with van der Waals surface area (Å²) in [4.78, 5) is 51.0. The first-order valence-corrected chi connectivity index (χ1v) is 7.06. The summed E-state index contributed by atoms with van der Waals surface area (Å²) in [6, 6.07) is 0. The number of carbonyl (C=O) groups excluding carboxylic acids is 1. The monoisotopic (exact) mass is 306 g/mol. The van der Waals surface area contributed by atoms with Gasteiger partial charge in [0, 0.05) is 0 Å². The molecule has 108 valence electrons. The molecule has 0 unspecified atom stereocenters. The van der Waals surface area contributed by atoms with E-state index in [0.717, 1.165) is 0 Å². The van der Waals surface area contributed by atoms with Crippen LogP contribution < -0.4 is 19.6 Å². The van der Waals surface area contributed by atoms with Crippen LogP contribution in [0.5, 0.6) is 0 Å². The fourth-order valence-electron chi connectivity index (χ4n) is 0.701. The summed E-state index contributed by atoms with van der Waals surface area (Å²) in [6.45, 7) is -2.54. The van der Waals surface area contributed by atoms with Crippen LogP contribution in [0.15, 0.2) is 0 Å². The molecule has 0 bridgehead atoms. The number of hydrogen-bond acceptors (Lipinski definition) is 11. The van der Waals surface area contributed by atoms with Crippen molar-refractivity contribution in [2.45, 2.75) is 12.2 Å². The van der Waals surface area contributed by atoms with E-state index in [0.29, 0.717) is 0 Å². The molecule has 13 heteroatoms. The largest absolute Gasteiger partial charge is 0.790 e. The van der Waals surface area contributed by atoms with Crippen molar-refractivity contribution in [1.82, 2.24) is 0 Å². The minimum atomic E-state index is -5.42. The maximum Gasteiger partial charge on any atom is 0.189 e. The van der Waals surface area contributed by atoms with E-state index in [1.807, 2.05) is 0 Å². The Morgan fingerprint density at radius 3 is 1.89 bits per heavy atom. The Kier molecular flexibility index (Phi) is 6.75. The number of aliphatic hydroxyl groups excluding tert-OH is 2. The summed E-state index contributed by atoms with van der Waals surface area (Å²) < 4.78 is 27.1. The van der Waals surface area contributed by atoms with Crippen molar-refractivity contribution in [2.75, 3.05) is 13.2 Å². The molecule has 0 aromatic rings. The Labute approximate surface area is 100 Å². The average Bonchev–Trinajstić information content (AvgIpc) is 2.19. The van der Waals surface area contributed by atoms with Crippen LogP contribution in [0.25, 0.3) is 0 Å². The molecule has 0 heterocycles. The standard InChI is InChI=1S/C5H12O11P2/c6-3(1-15-17(9,10)11)5(8)4(7)2-16-18(12,13)14/h3,5-6,8H,1-2H2,(H2,9,10,11)(H2,12,13,14)/p-4/t3-,5-/m1/s1. The fraction of sp³-hybridized carbons (Fsp3) is 0.800. The van der Waals surface area contributed by atoms with Crippen molar-refractivity contribution in [3.05, 3.63) is 0 Å². The van der Waals surface area contributed by atoms with Gasteiger partial charge in [0.05, 0.1) is 22.3 Å². The quantitative estimate of drug-likeness (QED) is 0.406. The molecule has 0 aliphatic rings. The highest BCUT2D eigenvalue weighted by molar-refractivity contribution is 7.43. The first-order chi connectivity index (χ1) is 7.92. The first kappa shape index (κ1) is 17.8. The van der Waals surface area contributed by atoms with Gasteiger partial charge in [-0.25, -0.2) is 0 Å². The molecular weight excluding hydrogens is 298 g/mol. The van der Waals surface area contributed by atoms with Gasteiger partial charge < -0.3 is 48.0 Å². The van der Waals surface area contributed by atoms with Crippen LogP contribution in [0.3, 0.4) is 0 Å². The van der Waals surface area contributed by atoms with E-state index < -0.39 is 46.9 Å². The van der Waals surface area contributed by atoms with Gasteiger partial charge in [-0.2, -0.15) is 0 Å². The van der Waals surface area contributed by atoms with Crippen molar-refractivity contribution in [3.8, 4) is 0 Å². The van der Waals surface area contributed by atoms with Gasteiger partial charge in [-0.05, 0) is 0 Å². The van der Waals surface area contributed by atoms with Gasteiger partial charge >= 0.3 is 0 Å². The van der Waals surface area contributed by atoms with Crippen molar-refractivity contribution in [2.24, 2.45) is 0 Å². The average molecular weight is 306 g/mol. The summed E-state index contributed by atoms with van der Waals surface area (Å²) in [5.74, 6) is -1.41. The van der Waals surface area contributed by atoms with Gasteiger partial charge in [-0.1, -0.05) is 0 Å². The van der Waals surface area contributed by atoms with E-state index in [1.165, 1.54) is 0 Å². The Hall–Kier alpha value is -0.190. The van der Waals surface area contributed by atoms with E-state index >= 15 is 0 Å². The Morgan fingerprint density at radius 2 is 1.50 bits per heavy atom. The number of Topliss-reactive ketones (excluding diaryl/α,β-unsaturated/α-hetero) is 1. The summed E-state index contributed by atoms with van der Waals surface area (Å²) >= 11 is 0. The molecule has 2 atom stereocenters. The van der Waals surface area contributed by atoms with E-state index in [4.69, 9.17) is 10.2 Å². The summed E-state index contributed by atoms with van der Waals surface area (Å²) in [5, 5.41) is 18.0. The van der Waals surface area contributed by atoms with E-state index in [2.05, 4.69) is 9.05 Å². The maximum atomic E-state index is 10.9. The van der Waals surface area contributed by atoms with Gasteiger partial charge in [0.25, 0.3) is 0 Å². The zero-order chi connectivity index (χ0) is 14.6. The Morgan fingerprint density at radius 1 is 1.06 bits per heavy atom. The lowest BCUT2D eigenvalue weighted by Gasteiger charge is -2.31. The zero-order valence-corrected chi connectivity index (χ0v) is 10.3. The summed E-state index contributed by atoms with van der Waals surface area (Å²) in [7, 11) is -10.8. The predicted molar refractivity (Wildman–Crippen MR) is 44.1 cm³/mol. The van der Waals surface area contributed by atoms with Gasteiger partial charge in [0.2, 0.25) is 0 Å². The molecule has 0 fully saturated rings. The lowest BCUT2D eigenvalue weighted by atomic mass is 10.1. The minimum absolute atomic E-state index is 1.20. The molecule has 11 nitrogen and oxygen atoms in total. The number of rotatable bonds is 8. The number of carbonyl (C=O) groups is 1. The van der Waals surface area contributed by atoms with Crippen LogP contribution in [-0.2, 0) is 23.0 Å². The fourth-order valence-corrected chi connectivity index (χ4v) is 1.32. The lowest BCUT2D eigenvalue weighted by Crippen LogP contribution is -2.40. The molecule has 0 radical (unpaired) electrons. The zero-order valence-electron chi connectivity index (χ0n) is 8.53. The highest BCUT2D eigenvalue weighted by Gasteiger charge is 2.24. The molecular formula is C5H8O11P2-4. The van der Waals surface area contributed by atoms with Crippen LogP contribution in [0.2, 0.25) is 0 Å². The molecule has 0 aliphatic carbocycles. The van der Waals surface area contributed by atoms with E-state index in [-0.39, 0.29) is 0 Å². The molecule has 18 heavy (non-hydrogen) atoms. The second-order valence-electron chi connectivity index (χ2n) is 2.94. The molecule has 0 rings (SSSR count). The second kappa shape index (κ2) is 6.83. The highest BCUT2D eigenvalue weighted by atomic mass is 31.2. The summed E-state index contributed by atoms with van der Waals surface area (Å²) in [5.41, 5.74) is 0. The maximum absolute atomic E-state index is 10.9. The summed E-state index contributed by atoms with van der Waals surface area (Å²) in [6.07, 6.45) is -4.38. The third kappa shape index (κ3) is 8.84. The smallest absolute Gasteiger partial charge is 0.189 e. The molecule has 0 amide bonds. The molecule has 0 saturated carbocycles. The van der Waals surface area contributed by atoms with Gasteiger partial charge in [-0.3, -0.25) is 4.79 Å². The second-order valence-corrected chi connectivity index (χ2v) is 5.25. The van der Waals surface area contributed by atoms with Crippen LogP contribution in [0.4, 0.5) is 0 Å². The molecule has 0 aromatic heterocycles. The number of hydrogen-bond donors (Lipinski definition) is 2. The normalized spacial score (nSPS) is 16.3. The highest BCUT2D eigenvalue weighted by Crippen LogP contribution is 2.25. The van der Waals surface area contributed by atoms with E-state index in [9.17, 15) is 33.5 Å². The van der Waals surface area contributed by atoms with Crippen LogP contribution in [0.1, 0.15) is 0 Å². The van der Waals surface area contributed by atoms with Crippen molar-refractivity contribution < 1.29 is 52.8 Å². The third-order valence-electron chi connectivity index (χ3n) is 1.46. The topological polar surface area (TPSA) is 202 Å². The van der Waals surface area contributed by atoms with E-state index in [1.54, 1.807) is 0 Å².